The normalized spacial score (nSPS) is 14.0. The maximum absolute atomic E-state index is 11.9. The molecule has 0 aromatic carbocycles. The van der Waals surface area contributed by atoms with Gasteiger partial charge in [0, 0.05) is 35.6 Å². The van der Waals surface area contributed by atoms with Crippen molar-refractivity contribution in [1.82, 2.24) is 15.6 Å². The van der Waals surface area contributed by atoms with E-state index in [1.165, 1.54) is 17.7 Å². The van der Waals surface area contributed by atoms with E-state index in [0.29, 0.717) is 13.1 Å². The van der Waals surface area contributed by atoms with E-state index in [2.05, 4.69) is 39.6 Å². The second kappa shape index (κ2) is 7.46. The number of aromatic nitrogens is 1. The lowest BCUT2D eigenvalue weighted by Crippen LogP contribution is -2.34. The second-order valence-corrected chi connectivity index (χ2v) is 7.14. The first kappa shape index (κ1) is 15.8. The molecule has 5 nitrogen and oxygen atoms in total. The molecule has 3 rings (SSSR count). The van der Waals surface area contributed by atoms with Crippen LogP contribution in [0.2, 0.25) is 0 Å². The fourth-order valence-electron chi connectivity index (χ4n) is 2.68. The predicted molar refractivity (Wildman–Crippen MR) is 93.8 cm³/mol. The zero-order chi connectivity index (χ0) is 16.1. The van der Waals surface area contributed by atoms with Gasteiger partial charge in [-0.15, -0.1) is 11.3 Å². The molecule has 2 aromatic rings. The molecule has 1 saturated heterocycles. The molecule has 2 aromatic heterocycles. The average molecular weight is 330 g/mol. The molecule has 0 aliphatic carbocycles. The monoisotopic (exact) mass is 330 g/mol. The highest BCUT2D eigenvalue weighted by Crippen LogP contribution is 2.18. The first-order valence-corrected chi connectivity index (χ1v) is 8.79. The van der Waals surface area contributed by atoms with Crippen LogP contribution >= 0.6 is 11.3 Å². The number of rotatable bonds is 5. The number of carbonyl (C=O) groups is 1. The summed E-state index contributed by atoms with van der Waals surface area (Å²) in [6, 6.07) is 7.98. The van der Waals surface area contributed by atoms with Gasteiger partial charge in [0.1, 0.15) is 5.82 Å². The molecule has 0 bridgehead atoms. The van der Waals surface area contributed by atoms with E-state index in [9.17, 15) is 4.79 Å². The molecule has 1 fully saturated rings. The summed E-state index contributed by atoms with van der Waals surface area (Å²) in [5.41, 5.74) is 1.07. The van der Waals surface area contributed by atoms with Crippen LogP contribution in [-0.4, -0.2) is 24.1 Å². The van der Waals surface area contributed by atoms with Crippen molar-refractivity contribution in [3.63, 3.8) is 0 Å². The van der Waals surface area contributed by atoms with Crippen LogP contribution in [0.5, 0.6) is 0 Å². The number of aryl methyl sites for hydroxylation is 1. The maximum Gasteiger partial charge on any atom is 0.315 e. The summed E-state index contributed by atoms with van der Waals surface area (Å²) in [5.74, 6) is 1.01. The number of nitrogens with one attached hydrogen (secondary N) is 2. The SMILES string of the molecule is Cc1ccc(CNC(=O)NCc2ccnc(N3CCCC3)c2)s1. The zero-order valence-electron chi connectivity index (χ0n) is 13.3. The van der Waals surface area contributed by atoms with Crippen molar-refractivity contribution in [3.05, 3.63) is 45.8 Å². The molecule has 1 aliphatic heterocycles. The van der Waals surface area contributed by atoms with E-state index in [0.717, 1.165) is 29.3 Å². The van der Waals surface area contributed by atoms with Crippen molar-refractivity contribution in [2.45, 2.75) is 32.9 Å². The molecule has 1 aliphatic rings. The Labute approximate surface area is 140 Å². The van der Waals surface area contributed by atoms with Crippen LogP contribution in [0.25, 0.3) is 0 Å². The predicted octanol–water partition coefficient (Wildman–Crippen LogP) is 3.05. The Morgan fingerprint density at radius 3 is 2.74 bits per heavy atom. The number of hydrogen-bond acceptors (Lipinski definition) is 4. The summed E-state index contributed by atoms with van der Waals surface area (Å²) in [6.45, 7) is 5.29. The zero-order valence-corrected chi connectivity index (χ0v) is 14.2. The van der Waals surface area contributed by atoms with Gasteiger partial charge in [-0.2, -0.15) is 0 Å². The summed E-state index contributed by atoms with van der Waals surface area (Å²) in [5, 5.41) is 5.79. The first-order valence-electron chi connectivity index (χ1n) is 7.97. The van der Waals surface area contributed by atoms with Crippen molar-refractivity contribution in [2.75, 3.05) is 18.0 Å². The number of amides is 2. The van der Waals surface area contributed by atoms with Gasteiger partial charge in [-0.05, 0) is 49.6 Å². The molecule has 23 heavy (non-hydrogen) atoms. The van der Waals surface area contributed by atoms with Crippen LogP contribution in [0.3, 0.4) is 0 Å². The summed E-state index contributed by atoms with van der Waals surface area (Å²) in [6.07, 6.45) is 4.28. The fraction of sp³-hybridized carbons (Fsp3) is 0.412. The van der Waals surface area contributed by atoms with Crippen LogP contribution in [0.1, 0.15) is 28.2 Å². The van der Waals surface area contributed by atoms with E-state index in [1.807, 2.05) is 18.3 Å². The number of pyridine rings is 1. The lowest BCUT2D eigenvalue weighted by Gasteiger charge is -2.17. The maximum atomic E-state index is 11.9. The van der Waals surface area contributed by atoms with Gasteiger partial charge in [-0.1, -0.05) is 0 Å². The number of hydrogen-bond donors (Lipinski definition) is 2. The summed E-state index contributed by atoms with van der Waals surface area (Å²) in [4.78, 5) is 21.0. The van der Waals surface area contributed by atoms with Gasteiger partial charge in [-0.3, -0.25) is 0 Å². The van der Waals surface area contributed by atoms with Gasteiger partial charge in [0.05, 0.1) is 6.54 Å². The number of nitrogens with zero attached hydrogens (tertiary/aromatic N) is 2. The quantitative estimate of drug-likeness (QED) is 0.886. The molecule has 0 radical (unpaired) electrons. The molecule has 0 unspecified atom stereocenters. The third-order valence-electron chi connectivity index (χ3n) is 3.91. The lowest BCUT2D eigenvalue weighted by atomic mass is 10.2. The standard InChI is InChI=1S/C17H22N4OS/c1-13-4-5-15(23-13)12-20-17(22)19-11-14-6-7-18-16(10-14)21-8-2-3-9-21/h4-7,10H,2-3,8-9,11-12H2,1H3,(H2,19,20,22). The minimum absolute atomic E-state index is 0.143. The second-order valence-electron chi connectivity index (χ2n) is 5.77. The van der Waals surface area contributed by atoms with E-state index in [1.54, 1.807) is 11.3 Å². The van der Waals surface area contributed by atoms with Gasteiger partial charge in [0.15, 0.2) is 0 Å². The smallest absolute Gasteiger partial charge is 0.315 e. The third kappa shape index (κ3) is 4.45. The van der Waals surface area contributed by atoms with Gasteiger partial charge >= 0.3 is 6.03 Å². The van der Waals surface area contributed by atoms with Crippen LogP contribution < -0.4 is 15.5 Å². The van der Waals surface area contributed by atoms with Crippen LogP contribution in [-0.2, 0) is 13.1 Å². The van der Waals surface area contributed by atoms with Crippen molar-refractivity contribution in [2.24, 2.45) is 0 Å². The van der Waals surface area contributed by atoms with Gasteiger partial charge in [0.2, 0.25) is 0 Å². The molecule has 122 valence electrons. The number of anilines is 1. The van der Waals surface area contributed by atoms with Crippen molar-refractivity contribution in [1.29, 1.82) is 0 Å². The Bertz CT molecular complexity index is 664. The average Bonchev–Trinajstić information content (AvgIpc) is 3.23. The number of urea groups is 1. The molecule has 2 N–H and O–H groups in total. The highest BCUT2D eigenvalue weighted by atomic mass is 32.1. The molecule has 2 amide bonds. The molecule has 0 saturated carbocycles. The Morgan fingerprint density at radius 2 is 2.00 bits per heavy atom. The number of thiophene rings is 1. The van der Waals surface area contributed by atoms with Crippen LogP contribution in [0.4, 0.5) is 10.6 Å². The van der Waals surface area contributed by atoms with E-state index < -0.39 is 0 Å². The molecule has 0 spiro atoms. The first-order chi connectivity index (χ1) is 11.2. The molecular weight excluding hydrogens is 308 g/mol. The van der Waals surface area contributed by atoms with Crippen LogP contribution in [0.15, 0.2) is 30.5 Å². The Morgan fingerprint density at radius 1 is 1.22 bits per heavy atom. The summed E-state index contributed by atoms with van der Waals surface area (Å²) in [7, 11) is 0. The van der Waals surface area contributed by atoms with Gasteiger partial charge < -0.3 is 15.5 Å². The Kier molecular flexibility index (Phi) is 5.12. The Hall–Kier alpha value is -2.08. The molecule has 3 heterocycles. The molecule has 0 atom stereocenters. The van der Waals surface area contributed by atoms with Crippen LogP contribution in [0, 0.1) is 6.92 Å². The van der Waals surface area contributed by atoms with Gasteiger partial charge in [-0.25, -0.2) is 9.78 Å². The molecular formula is C17H22N4OS. The van der Waals surface area contributed by atoms with Crippen molar-refractivity contribution >= 4 is 23.2 Å². The van der Waals surface area contributed by atoms with Crippen molar-refractivity contribution < 1.29 is 4.79 Å². The highest BCUT2D eigenvalue weighted by molar-refractivity contribution is 7.11. The van der Waals surface area contributed by atoms with E-state index in [4.69, 9.17) is 0 Å². The molecule has 6 heteroatoms. The Balaban J connectivity index is 1.47. The van der Waals surface area contributed by atoms with Crippen molar-refractivity contribution in [3.8, 4) is 0 Å². The minimum Gasteiger partial charge on any atom is -0.357 e. The largest absolute Gasteiger partial charge is 0.357 e. The minimum atomic E-state index is -0.143. The van der Waals surface area contributed by atoms with E-state index >= 15 is 0 Å². The third-order valence-corrected chi connectivity index (χ3v) is 4.91. The summed E-state index contributed by atoms with van der Waals surface area (Å²) < 4.78 is 0. The summed E-state index contributed by atoms with van der Waals surface area (Å²) >= 11 is 1.70. The van der Waals surface area contributed by atoms with E-state index in [-0.39, 0.29) is 6.03 Å². The van der Waals surface area contributed by atoms with Gasteiger partial charge in [0.25, 0.3) is 0 Å². The topological polar surface area (TPSA) is 57.3 Å². The number of carbonyl (C=O) groups excluding carboxylic acids is 1. The lowest BCUT2D eigenvalue weighted by molar-refractivity contribution is 0.240. The highest BCUT2D eigenvalue weighted by Gasteiger charge is 2.13. The fourth-order valence-corrected chi connectivity index (χ4v) is 3.51.